The SMILES string of the molecule is CC.CCC/C(C(=O)c1nc(OC[C@@H]2CCCN2C)c2c(n1)n(C1CC(OC)C1)c(=O)n2C)=C(/N)[C@H]1CCCc2sc(N)c(C#N)c21. The van der Waals surface area contributed by atoms with E-state index in [1.807, 2.05) is 20.8 Å². The van der Waals surface area contributed by atoms with Crippen LogP contribution in [-0.4, -0.2) is 69.2 Å². The van der Waals surface area contributed by atoms with Crippen LogP contribution >= 0.6 is 11.3 Å². The number of rotatable bonds is 10. The molecule has 47 heavy (non-hydrogen) atoms. The van der Waals surface area contributed by atoms with Gasteiger partial charge in [0.2, 0.25) is 17.5 Å². The third-order valence-corrected chi connectivity index (χ3v) is 10.9. The highest BCUT2D eigenvalue weighted by molar-refractivity contribution is 7.16. The van der Waals surface area contributed by atoms with E-state index >= 15 is 0 Å². The number of fused-ring (bicyclic) bond motifs is 2. The molecule has 1 saturated carbocycles. The van der Waals surface area contributed by atoms with Gasteiger partial charge in [0.15, 0.2) is 11.2 Å². The quantitative estimate of drug-likeness (QED) is 0.227. The number of allylic oxidation sites excluding steroid dienone is 2. The second-order valence-corrected chi connectivity index (χ2v) is 13.7. The van der Waals surface area contributed by atoms with Crippen molar-refractivity contribution in [1.82, 2.24) is 24.0 Å². The number of nitrogens with zero attached hydrogens (tertiary/aromatic N) is 6. The molecule has 13 heteroatoms. The van der Waals surface area contributed by atoms with Gasteiger partial charge in [-0.25, -0.2) is 9.78 Å². The van der Waals surface area contributed by atoms with Gasteiger partial charge in [-0.3, -0.25) is 13.9 Å². The van der Waals surface area contributed by atoms with E-state index in [4.69, 9.17) is 30.9 Å². The number of anilines is 1. The van der Waals surface area contributed by atoms with Crippen LogP contribution < -0.4 is 21.9 Å². The Hall–Kier alpha value is -3.73. The van der Waals surface area contributed by atoms with Crippen molar-refractivity contribution >= 4 is 33.3 Å². The molecule has 2 atom stereocenters. The van der Waals surface area contributed by atoms with Crippen LogP contribution in [0.15, 0.2) is 16.1 Å². The van der Waals surface area contributed by atoms with E-state index in [0.717, 1.165) is 42.7 Å². The van der Waals surface area contributed by atoms with Gasteiger partial charge in [0.05, 0.1) is 11.7 Å². The summed E-state index contributed by atoms with van der Waals surface area (Å²) in [5, 5.41) is 10.4. The number of ether oxygens (including phenoxy) is 2. The van der Waals surface area contributed by atoms with Crippen molar-refractivity contribution < 1.29 is 14.3 Å². The first-order valence-electron chi connectivity index (χ1n) is 16.9. The Bertz CT molecular complexity index is 1760. The van der Waals surface area contributed by atoms with Crippen molar-refractivity contribution in [3.8, 4) is 11.9 Å². The van der Waals surface area contributed by atoms with E-state index in [-0.39, 0.29) is 47.3 Å². The lowest BCUT2D eigenvalue weighted by atomic mass is 9.80. The fourth-order valence-electron chi connectivity index (χ4n) is 7.16. The van der Waals surface area contributed by atoms with Crippen molar-refractivity contribution in [2.24, 2.45) is 12.8 Å². The summed E-state index contributed by atoms with van der Waals surface area (Å²) in [5.74, 6) is -0.516. The average molecular weight is 665 g/mol. The molecule has 2 aliphatic carbocycles. The molecular weight excluding hydrogens is 616 g/mol. The van der Waals surface area contributed by atoms with Crippen molar-refractivity contribution in [3.05, 3.63) is 43.6 Å². The molecule has 3 aromatic heterocycles. The number of thiophene rings is 1. The number of aryl methyl sites for hydroxylation is 2. The van der Waals surface area contributed by atoms with Crippen LogP contribution in [0, 0.1) is 11.3 Å². The van der Waals surface area contributed by atoms with E-state index in [1.54, 1.807) is 18.7 Å². The number of Topliss-reactive ketones (excluding diaryl/α,β-unsaturated/α-hetero) is 1. The number of carbonyl (C=O) groups excluding carboxylic acids is 1. The van der Waals surface area contributed by atoms with Crippen LogP contribution in [0.2, 0.25) is 0 Å². The van der Waals surface area contributed by atoms with Gasteiger partial charge in [-0.15, -0.1) is 11.3 Å². The third kappa shape index (κ3) is 6.30. The van der Waals surface area contributed by atoms with E-state index < -0.39 is 0 Å². The lowest BCUT2D eigenvalue weighted by Gasteiger charge is -2.34. The van der Waals surface area contributed by atoms with Crippen LogP contribution in [0.3, 0.4) is 0 Å². The number of ketones is 1. The summed E-state index contributed by atoms with van der Waals surface area (Å²) in [6.07, 6.45) is 7.03. The Labute approximate surface area is 280 Å². The summed E-state index contributed by atoms with van der Waals surface area (Å²) in [7, 11) is 5.43. The molecule has 4 heterocycles. The summed E-state index contributed by atoms with van der Waals surface area (Å²) in [6, 6.07) is 2.37. The van der Waals surface area contributed by atoms with Crippen LogP contribution in [0.1, 0.15) is 111 Å². The number of likely N-dealkylation sites (N-methyl/N-ethyl adjacent to an activating group) is 1. The van der Waals surface area contributed by atoms with E-state index in [0.29, 0.717) is 71.7 Å². The molecule has 0 radical (unpaired) electrons. The molecular formula is C34H48N8O4S. The fraction of sp³-hybridized carbons (Fsp3) is 0.618. The Morgan fingerprint density at radius 1 is 1.17 bits per heavy atom. The molecule has 254 valence electrons. The molecule has 0 amide bonds. The largest absolute Gasteiger partial charge is 0.474 e. The summed E-state index contributed by atoms with van der Waals surface area (Å²) in [6.45, 7) is 7.36. The van der Waals surface area contributed by atoms with Gasteiger partial charge in [0, 0.05) is 48.3 Å². The Kier molecular flexibility index (Phi) is 10.7. The Morgan fingerprint density at radius 3 is 2.55 bits per heavy atom. The van der Waals surface area contributed by atoms with Gasteiger partial charge in [0.25, 0.3) is 0 Å². The molecule has 12 nitrogen and oxygen atoms in total. The number of hydrogen-bond acceptors (Lipinski definition) is 11. The number of likely N-dealkylation sites (tertiary alicyclic amines) is 1. The molecule has 3 aromatic rings. The molecule has 0 unspecified atom stereocenters. The van der Waals surface area contributed by atoms with Crippen molar-refractivity contribution in [1.29, 1.82) is 5.26 Å². The molecule has 1 aliphatic heterocycles. The maximum absolute atomic E-state index is 14.4. The van der Waals surface area contributed by atoms with Crippen LogP contribution in [0.5, 0.6) is 5.88 Å². The molecule has 1 saturated heterocycles. The minimum absolute atomic E-state index is 0.0491. The Morgan fingerprint density at radius 2 is 1.91 bits per heavy atom. The summed E-state index contributed by atoms with van der Waals surface area (Å²) in [4.78, 5) is 40.8. The minimum atomic E-state index is -0.390. The topological polar surface area (TPSA) is 167 Å². The molecule has 0 aromatic carbocycles. The highest BCUT2D eigenvalue weighted by Gasteiger charge is 2.36. The molecule has 3 aliphatic rings. The number of hydrogen-bond donors (Lipinski definition) is 2. The van der Waals surface area contributed by atoms with E-state index in [9.17, 15) is 14.9 Å². The lowest BCUT2D eigenvalue weighted by molar-refractivity contribution is 0.00614. The zero-order valence-corrected chi connectivity index (χ0v) is 29.3. The number of nitrogens with two attached hydrogens (primary N) is 2. The van der Waals surface area contributed by atoms with Crippen LogP contribution in [0.4, 0.5) is 5.00 Å². The summed E-state index contributed by atoms with van der Waals surface area (Å²) >= 11 is 1.43. The first kappa shape index (κ1) is 34.6. The van der Waals surface area contributed by atoms with Gasteiger partial charge < -0.3 is 25.8 Å². The second kappa shape index (κ2) is 14.6. The number of methoxy groups -OCH3 is 1. The maximum Gasteiger partial charge on any atom is 0.330 e. The molecule has 6 rings (SSSR count). The fourth-order valence-corrected chi connectivity index (χ4v) is 8.28. The van der Waals surface area contributed by atoms with Gasteiger partial charge in [-0.2, -0.15) is 10.2 Å². The maximum atomic E-state index is 14.4. The molecule has 2 fully saturated rings. The van der Waals surface area contributed by atoms with Gasteiger partial charge in [0.1, 0.15) is 17.7 Å². The number of carbonyl (C=O) groups is 1. The zero-order chi connectivity index (χ0) is 34.0. The number of nitriles is 1. The average Bonchev–Trinajstić information content (AvgIpc) is 3.70. The van der Waals surface area contributed by atoms with Crippen molar-refractivity contribution in [3.63, 3.8) is 0 Å². The monoisotopic (exact) mass is 664 g/mol. The predicted octanol–water partition coefficient (Wildman–Crippen LogP) is 4.81. The summed E-state index contributed by atoms with van der Waals surface area (Å²) < 4.78 is 15.0. The molecule has 4 N–H and O–H groups in total. The minimum Gasteiger partial charge on any atom is -0.474 e. The van der Waals surface area contributed by atoms with Crippen LogP contribution in [-0.2, 0) is 18.2 Å². The molecule has 0 bridgehead atoms. The van der Waals surface area contributed by atoms with E-state index in [2.05, 4.69) is 18.0 Å². The van der Waals surface area contributed by atoms with Crippen LogP contribution in [0.25, 0.3) is 11.2 Å². The van der Waals surface area contributed by atoms with Gasteiger partial charge in [-0.05, 0) is 70.5 Å². The normalized spacial score (nSPS) is 22.9. The Balaban J connectivity index is 0.00000213. The standard InChI is InChI=1S/C32H42N8O4S.C2H6/c1-5-8-21(25(34)20-10-6-11-23-24(20)22(15-33)28(35)45-23)27(41)29-36-30-26(31(37-29)44-16-17-9-7-12-38(17)2)39(3)32(42)40(30)18-13-19(14-18)43-4;1-2/h17-20H,5-14,16,34-35H2,1-4H3;1-2H3/b25-21-;/t17-,18?,19?,20-;/m0./s1. The summed E-state index contributed by atoms with van der Waals surface area (Å²) in [5.41, 5.74) is 15.9. The van der Waals surface area contributed by atoms with Gasteiger partial charge >= 0.3 is 5.69 Å². The zero-order valence-electron chi connectivity index (χ0n) is 28.5. The first-order valence-corrected chi connectivity index (χ1v) is 17.7. The van der Waals surface area contributed by atoms with Crippen molar-refractivity contribution in [2.45, 2.75) is 103 Å². The highest BCUT2D eigenvalue weighted by Crippen LogP contribution is 2.45. The predicted molar refractivity (Wildman–Crippen MR) is 184 cm³/mol. The lowest BCUT2D eigenvalue weighted by Crippen LogP contribution is -2.38. The smallest absolute Gasteiger partial charge is 0.330 e. The first-order chi connectivity index (χ1) is 22.7. The second-order valence-electron chi connectivity index (χ2n) is 12.6. The van der Waals surface area contributed by atoms with Crippen molar-refractivity contribution in [2.75, 3.05) is 33.0 Å². The number of aromatic nitrogens is 4. The third-order valence-electron chi connectivity index (χ3n) is 9.85. The number of imidazole rings is 1. The van der Waals surface area contributed by atoms with E-state index in [1.165, 1.54) is 15.9 Å². The number of nitrogen functional groups attached to an aromatic ring is 1. The molecule has 0 spiro atoms. The highest BCUT2D eigenvalue weighted by atomic mass is 32.1. The van der Waals surface area contributed by atoms with Gasteiger partial charge in [-0.1, -0.05) is 27.2 Å².